The third kappa shape index (κ3) is 4.56. The predicted octanol–water partition coefficient (Wildman–Crippen LogP) is 3.96. The second-order valence-corrected chi connectivity index (χ2v) is 10.1. The third-order valence-corrected chi connectivity index (χ3v) is 7.71. The summed E-state index contributed by atoms with van der Waals surface area (Å²) >= 11 is 0. The van der Waals surface area contributed by atoms with Gasteiger partial charge in [-0.15, -0.1) is 0 Å². The summed E-state index contributed by atoms with van der Waals surface area (Å²) < 4.78 is 60.0. The molecule has 0 radical (unpaired) electrons. The van der Waals surface area contributed by atoms with Gasteiger partial charge < -0.3 is 15.1 Å². The molecule has 5 rings (SSSR count). The van der Waals surface area contributed by atoms with Crippen LogP contribution in [0.5, 0.6) is 0 Å². The Morgan fingerprint density at radius 1 is 1.22 bits per heavy atom. The smallest absolute Gasteiger partial charge is 0.259 e. The summed E-state index contributed by atoms with van der Waals surface area (Å²) in [5.41, 5.74) is -0.777. The Kier molecular flexibility index (Phi) is 6.21. The SMILES string of the molecule is C[C@@H](C(=O)Nc1cn2c(n1)CC[C@@H]2c1cc(F)cc(F)c1)N1CCC(F)(F)[C@@](C)(c2cc[n+]([O-])cc2)C1. The number of likely N-dealkylation sites (tertiary alicyclic amines) is 1. The molecule has 0 bridgehead atoms. The van der Waals surface area contributed by atoms with E-state index in [9.17, 15) is 18.8 Å². The second-order valence-electron chi connectivity index (χ2n) is 10.1. The lowest BCUT2D eigenvalue weighted by Crippen LogP contribution is -2.60. The zero-order chi connectivity index (χ0) is 26.5. The van der Waals surface area contributed by atoms with Crippen molar-refractivity contribution < 1.29 is 27.1 Å². The number of hydrogen-bond donors (Lipinski definition) is 1. The van der Waals surface area contributed by atoms with Crippen molar-refractivity contribution in [3.05, 3.63) is 82.7 Å². The number of aryl methyl sites for hydroxylation is 1. The summed E-state index contributed by atoms with van der Waals surface area (Å²) in [6.07, 6.45) is 4.79. The van der Waals surface area contributed by atoms with Crippen LogP contribution in [0.25, 0.3) is 0 Å². The first-order valence-corrected chi connectivity index (χ1v) is 12.1. The summed E-state index contributed by atoms with van der Waals surface area (Å²) in [6.45, 7) is 3.05. The molecule has 7 nitrogen and oxygen atoms in total. The van der Waals surface area contributed by atoms with Crippen LogP contribution in [-0.2, 0) is 16.6 Å². The fourth-order valence-corrected chi connectivity index (χ4v) is 5.42. The van der Waals surface area contributed by atoms with E-state index < -0.39 is 41.3 Å². The number of imidazole rings is 1. The minimum Gasteiger partial charge on any atom is -0.619 e. The fourth-order valence-electron chi connectivity index (χ4n) is 5.42. The molecule has 1 aromatic carbocycles. The molecule has 37 heavy (non-hydrogen) atoms. The monoisotopic (exact) mass is 517 g/mol. The largest absolute Gasteiger partial charge is 0.619 e. The number of carbonyl (C=O) groups excluding carboxylic acids is 1. The van der Waals surface area contributed by atoms with Crippen LogP contribution in [0, 0.1) is 16.8 Å². The summed E-state index contributed by atoms with van der Waals surface area (Å²) in [4.78, 5) is 19.3. The van der Waals surface area contributed by atoms with Crippen molar-refractivity contribution in [3.8, 4) is 0 Å². The third-order valence-electron chi connectivity index (χ3n) is 7.71. The summed E-state index contributed by atoms with van der Waals surface area (Å²) in [7, 11) is 0. The lowest BCUT2D eigenvalue weighted by Gasteiger charge is -2.47. The van der Waals surface area contributed by atoms with Crippen molar-refractivity contribution in [2.45, 2.75) is 56.5 Å². The molecule has 0 unspecified atom stereocenters. The molecule has 2 aliphatic rings. The number of nitrogens with zero attached hydrogens (tertiary/aromatic N) is 4. The van der Waals surface area contributed by atoms with Crippen molar-refractivity contribution in [2.24, 2.45) is 0 Å². The first-order chi connectivity index (χ1) is 17.5. The minimum atomic E-state index is -3.02. The number of fused-ring (bicyclic) bond motifs is 1. The Morgan fingerprint density at radius 3 is 2.57 bits per heavy atom. The molecule has 196 valence electrons. The standard InChI is InChI=1S/C26H27F4N5O2/c1-16(33-10-7-26(29,30)25(2,15-33)18-5-8-34(37)9-6-18)24(36)32-22-14-35-21(3-4-23(35)31-22)17-11-19(27)13-20(28)12-17/h5-6,8-9,11-14,16,21H,3-4,7,10,15H2,1-2H3,(H,32,36)/t16-,21+,25+/m0/s1. The number of halogens is 4. The number of benzene rings is 1. The molecule has 1 fully saturated rings. The number of carbonyl (C=O) groups is 1. The van der Waals surface area contributed by atoms with Crippen molar-refractivity contribution in [3.63, 3.8) is 0 Å². The van der Waals surface area contributed by atoms with Crippen molar-refractivity contribution in [2.75, 3.05) is 18.4 Å². The molecule has 1 N–H and O–H groups in total. The van der Waals surface area contributed by atoms with Gasteiger partial charge in [-0.1, -0.05) is 0 Å². The van der Waals surface area contributed by atoms with Gasteiger partial charge in [0.05, 0.1) is 17.5 Å². The van der Waals surface area contributed by atoms with E-state index in [1.54, 1.807) is 22.6 Å². The average molecular weight is 518 g/mol. The Morgan fingerprint density at radius 2 is 1.89 bits per heavy atom. The number of aromatic nitrogens is 3. The molecule has 3 atom stereocenters. The highest BCUT2D eigenvalue weighted by molar-refractivity contribution is 5.93. The van der Waals surface area contributed by atoms with Crippen LogP contribution in [0.15, 0.2) is 48.9 Å². The van der Waals surface area contributed by atoms with Gasteiger partial charge in [0.1, 0.15) is 17.5 Å². The molecule has 2 aliphatic heterocycles. The normalized spacial score (nSPS) is 24.0. The van der Waals surface area contributed by atoms with Gasteiger partial charge in [-0.2, -0.15) is 4.73 Å². The molecule has 3 aromatic rings. The molecular weight excluding hydrogens is 490 g/mol. The van der Waals surface area contributed by atoms with E-state index in [-0.39, 0.29) is 19.1 Å². The number of hydrogen-bond acceptors (Lipinski definition) is 4. The first kappa shape index (κ1) is 25.2. The van der Waals surface area contributed by atoms with Crippen LogP contribution in [0.4, 0.5) is 23.4 Å². The number of alkyl halides is 2. The molecule has 11 heteroatoms. The van der Waals surface area contributed by atoms with Crippen LogP contribution in [0.2, 0.25) is 0 Å². The number of nitrogens with one attached hydrogen (secondary N) is 1. The number of rotatable bonds is 5. The predicted molar refractivity (Wildman–Crippen MR) is 127 cm³/mol. The van der Waals surface area contributed by atoms with E-state index >= 15 is 8.78 Å². The minimum absolute atomic E-state index is 0.0263. The van der Waals surface area contributed by atoms with E-state index in [0.717, 1.165) is 6.07 Å². The maximum atomic E-state index is 15.1. The molecule has 1 saturated heterocycles. The quantitative estimate of drug-likeness (QED) is 0.316. The highest BCUT2D eigenvalue weighted by Crippen LogP contribution is 2.45. The summed E-state index contributed by atoms with van der Waals surface area (Å²) in [5.74, 6) is -3.77. The Bertz CT molecular complexity index is 1310. The van der Waals surface area contributed by atoms with Gasteiger partial charge in [0.25, 0.3) is 5.92 Å². The van der Waals surface area contributed by atoms with Gasteiger partial charge in [0.2, 0.25) is 5.91 Å². The first-order valence-electron chi connectivity index (χ1n) is 12.1. The van der Waals surface area contributed by atoms with E-state index in [2.05, 4.69) is 10.3 Å². The topological polar surface area (TPSA) is 77.1 Å². The lowest BCUT2D eigenvalue weighted by molar-refractivity contribution is -0.605. The van der Waals surface area contributed by atoms with Crippen molar-refractivity contribution >= 4 is 11.7 Å². The molecule has 0 spiro atoms. The van der Waals surface area contributed by atoms with Crippen molar-refractivity contribution in [1.82, 2.24) is 14.5 Å². The Labute approximate surface area is 211 Å². The number of piperidine rings is 1. The van der Waals surface area contributed by atoms with E-state index in [4.69, 9.17) is 0 Å². The number of amides is 1. The molecule has 1 amide bonds. The molecule has 4 heterocycles. The van der Waals surface area contributed by atoms with Crippen LogP contribution >= 0.6 is 0 Å². The highest BCUT2D eigenvalue weighted by Gasteiger charge is 2.55. The maximum absolute atomic E-state index is 15.1. The molecule has 0 saturated carbocycles. The van der Waals surface area contributed by atoms with Gasteiger partial charge in [-0.25, -0.2) is 22.5 Å². The van der Waals surface area contributed by atoms with Gasteiger partial charge in [-0.3, -0.25) is 9.69 Å². The highest BCUT2D eigenvalue weighted by atomic mass is 19.3. The zero-order valence-electron chi connectivity index (χ0n) is 20.4. The maximum Gasteiger partial charge on any atom is 0.259 e. The van der Waals surface area contributed by atoms with Gasteiger partial charge >= 0.3 is 0 Å². The Hall–Kier alpha value is -3.47. The summed E-state index contributed by atoms with van der Waals surface area (Å²) in [5, 5.41) is 14.2. The van der Waals surface area contributed by atoms with E-state index in [1.165, 1.54) is 43.6 Å². The summed E-state index contributed by atoms with van der Waals surface area (Å²) in [6, 6.07) is 5.14. The molecule has 2 aromatic heterocycles. The van der Waals surface area contributed by atoms with Crippen LogP contribution in [-0.4, -0.2) is 45.4 Å². The van der Waals surface area contributed by atoms with Gasteiger partial charge in [0, 0.05) is 50.3 Å². The number of anilines is 1. The molecule has 0 aliphatic carbocycles. The van der Waals surface area contributed by atoms with Gasteiger partial charge in [-0.05, 0) is 43.5 Å². The zero-order valence-corrected chi connectivity index (χ0v) is 20.4. The number of pyridine rings is 1. The van der Waals surface area contributed by atoms with Crippen LogP contribution in [0.3, 0.4) is 0 Å². The van der Waals surface area contributed by atoms with Crippen LogP contribution in [0.1, 0.15) is 49.7 Å². The van der Waals surface area contributed by atoms with E-state index in [0.29, 0.717) is 40.3 Å². The average Bonchev–Trinajstić information content (AvgIpc) is 3.40. The second kappa shape index (κ2) is 9.13. The van der Waals surface area contributed by atoms with Gasteiger partial charge in [0.15, 0.2) is 18.2 Å². The van der Waals surface area contributed by atoms with Crippen LogP contribution < -0.4 is 10.0 Å². The lowest BCUT2D eigenvalue weighted by atomic mass is 9.72. The fraction of sp³-hybridized carbons (Fsp3) is 0.423. The molecular formula is C26H27F4N5O2. The Balaban J connectivity index is 1.31. The van der Waals surface area contributed by atoms with E-state index in [1.807, 2.05) is 0 Å². The van der Waals surface area contributed by atoms with Crippen molar-refractivity contribution in [1.29, 1.82) is 0 Å².